The summed E-state index contributed by atoms with van der Waals surface area (Å²) in [6, 6.07) is 3.69. The van der Waals surface area contributed by atoms with E-state index in [9.17, 15) is 4.79 Å². The Morgan fingerprint density at radius 3 is 3.14 bits per heavy atom. The van der Waals surface area contributed by atoms with Crippen LogP contribution in [0.25, 0.3) is 0 Å². The molecule has 1 fully saturated rings. The van der Waals surface area contributed by atoms with E-state index in [2.05, 4.69) is 6.92 Å². The molecule has 2 rings (SSSR count). The Morgan fingerprint density at radius 1 is 1.71 bits per heavy atom. The van der Waals surface area contributed by atoms with Crippen LogP contribution in [0.2, 0.25) is 0 Å². The van der Waals surface area contributed by atoms with Gasteiger partial charge in [0.15, 0.2) is 5.78 Å². The number of hydrogen-bond donors (Lipinski definition) is 0. The van der Waals surface area contributed by atoms with E-state index in [1.807, 2.05) is 12.1 Å². The topological polar surface area (TPSA) is 30.2 Å². The Morgan fingerprint density at radius 2 is 2.57 bits per heavy atom. The third kappa shape index (κ3) is 1.87. The van der Waals surface area contributed by atoms with E-state index in [1.165, 1.54) is 0 Å². The molecule has 1 unspecified atom stereocenters. The Bertz CT molecular complexity index is 310. The highest BCUT2D eigenvalue weighted by atomic mass is 32.2. The Labute approximate surface area is 88.1 Å². The van der Waals surface area contributed by atoms with Gasteiger partial charge in [0.2, 0.25) is 0 Å². The molecule has 0 spiro atoms. The number of furan rings is 1. The average Bonchev–Trinajstić information content (AvgIpc) is 2.76. The Balaban J connectivity index is 2.02. The van der Waals surface area contributed by atoms with E-state index in [-0.39, 0.29) is 4.75 Å². The molecule has 0 saturated carbocycles. The zero-order valence-corrected chi connectivity index (χ0v) is 9.10. The van der Waals surface area contributed by atoms with Gasteiger partial charge >= 0.3 is 0 Å². The maximum absolute atomic E-state index is 12.0. The van der Waals surface area contributed by atoms with Crippen LogP contribution in [0.1, 0.15) is 25.5 Å². The first kappa shape index (κ1) is 9.84. The lowest BCUT2D eigenvalue weighted by Crippen LogP contribution is -2.30. The van der Waals surface area contributed by atoms with Crippen molar-refractivity contribution in [2.75, 3.05) is 5.75 Å². The number of hydrogen-bond acceptors (Lipinski definition) is 3. The first-order valence-corrected chi connectivity index (χ1v) is 5.89. The van der Waals surface area contributed by atoms with Gasteiger partial charge in [0.05, 0.1) is 17.4 Å². The van der Waals surface area contributed by atoms with Crippen LogP contribution in [-0.4, -0.2) is 16.3 Å². The van der Waals surface area contributed by atoms with Gasteiger partial charge in [-0.1, -0.05) is 0 Å². The molecule has 1 aliphatic heterocycles. The summed E-state index contributed by atoms with van der Waals surface area (Å²) < 4.78 is 5.02. The standard InChI is InChI=1S/C11H14O2S/c1-11(5-3-7-14-11)10(12)8-9-4-2-6-13-9/h2,4,6H,3,5,7-8H2,1H3. The van der Waals surface area contributed by atoms with Crippen molar-refractivity contribution in [3.63, 3.8) is 0 Å². The smallest absolute Gasteiger partial charge is 0.156 e. The van der Waals surface area contributed by atoms with Gasteiger partial charge in [-0.3, -0.25) is 4.79 Å². The molecule has 0 bridgehead atoms. The molecular weight excluding hydrogens is 196 g/mol. The van der Waals surface area contributed by atoms with Crippen molar-refractivity contribution in [1.82, 2.24) is 0 Å². The van der Waals surface area contributed by atoms with E-state index in [1.54, 1.807) is 18.0 Å². The molecule has 2 heterocycles. The molecule has 1 aromatic rings. The zero-order chi connectivity index (χ0) is 10.0. The van der Waals surface area contributed by atoms with Crippen LogP contribution in [0.15, 0.2) is 22.8 Å². The number of carbonyl (C=O) groups is 1. The van der Waals surface area contributed by atoms with Crippen molar-refractivity contribution in [3.8, 4) is 0 Å². The first-order valence-electron chi connectivity index (χ1n) is 4.90. The van der Waals surface area contributed by atoms with Crippen molar-refractivity contribution in [2.45, 2.75) is 30.9 Å². The molecule has 0 amide bonds. The van der Waals surface area contributed by atoms with Crippen molar-refractivity contribution in [3.05, 3.63) is 24.2 Å². The highest BCUT2D eigenvalue weighted by molar-refractivity contribution is 8.01. The number of Topliss-reactive ketones (excluding diaryl/α,β-unsaturated/α-hetero) is 1. The van der Waals surface area contributed by atoms with Gasteiger partial charge in [-0.05, 0) is 37.7 Å². The average molecular weight is 210 g/mol. The summed E-state index contributed by atoms with van der Waals surface area (Å²) in [4.78, 5) is 12.0. The van der Waals surface area contributed by atoms with Gasteiger partial charge in [-0.15, -0.1) is 11.8 Å². The molecular formula is C11H14O2S. The molecule has 1 aromatic heterocycles. The van der Waals surface area contributed by atoms with Gasteiger partial charge in [-0.2, -0.15) is 0 Å². The molecule has 1 atom stereocenters. The fourth-order valence-corrected chi connectivity index (χ4v) is 3.02. The van der Waals surface area contributed by atoms with Gasteiger partial charge in [-0.25, -0.2) is 0 Å². The Kier molecular flexibility index (Phi) is 2.68. The lowest BCUT2D eigenvalue weighted by Gasteiger charge is -2.19. The maximum Gasteiger partial charge on any atom is 0.156 e. The molecule has 14 heavy (non-hydrogen) atoms. The second-order valence-electron chi connectivity index (χ2n) is 3.86. The molecule has 2 nitrogen and oxygen atoms in total. The second-order valence-corrected chi connectivity index (χ2v) is 5.46. The van der Waals surface area contributed by atoms with Crippen LogP contribution >= 0.6 is 11.8 Å². The summed E-state index contributed by atoms with van der Waals surface area (Å²) in [6.07, 6.45) is 4.23. The summed E-state index contributed by atoms with van der Waals surface area (Å²) in [5.41, 5.74) is 0. The van der Waals surface area contributed by atoms with Crippen molar-refractivity contribution in [1.29, 1.82) is 0 Å². The number of thioether (sulfide) groups is 1. The Hall–Kier alpha value is -0.700. The molecule has 1 saturated heterocycles. The minimum atomic E-state index is -0.160. The summed E-state index contributed by atoms with van der Waals surface area (Å²) in [7, 11) is 0. The summed E-state index contributed by atoms with van der Waals surface area (Å²) in [6.45, 7) is 2.05. The highest BCUT2D eigenvalue weighted by Crippen LogP contribution is 2.39. The van der Waals surface area contributed by atoms with E-state index in [0.717, 1.165) is 24.4 Å². The summed E-state index contributed by atoms with van der Waals surface area (Å²) in [5, 5.41) is 0. The maximum atomic E-state index is 12.0. The van der Waals surface area contributed by atoms with E-state index in [4.69, 9.17) is 4.42 Å². The third-order valence-corrected chi connectivity index (χ3v) is 4.29. The first-order chi connectivity index (χ1) is 6.71. The van der Waals surface area contributed by atoms with E-state index < -0.39 is 0 Å². The lowest BCUT2D eigenvalue weighted by molar-refractivity contribution is -0.120. The van der Waals surface area contributed by atoms with Gasteiger partial charge in [0, 0.05) is 0 Å². The summed E-state index contributed by atoms with van der Waals surface area (Å²) in [5.74, 6) is 2.19. The monoisotopic (exact) mass is 210 g/mol. The summed E-state index contributed by atoms with van der Waals surface area (Å²) >= 11 is 1.78. The van der Waals surface area contributed by atoms with Crippen LogP contribution in [-0.2, 0) is 11.2 Å². The van der Waals surface area contributed by atoms with Crippen LogP contribution < -0.4 is 0 Å². The molecule has 1 aliphatic rings. The number of carbonyl (C=O) groups excluding carboxylic acids is 1. The quantitative estimate of drug-likeness (QED) is 0.768. The molecule has 3 heteroatoms. The molecule has 0 radical (unpaired) electrons. The minimum absolute atomic E-state index is 0.160. The van der Waals surface area contributed by atoms with Crippen molar-refractivity contribution in [2.24, 2.45) is 0 Å². The van der Waals surface area contributed by atoms with Crippen LogP contribution in [0.3, 0.4) is 0 Å². The van der Waals surface area contributed by atoms with Gasteiger partial charge in [0.1, 0.15) is 5.76 Å². The van der Waals surface area contributed by atoms with Crippen LogP contribution in [0.5, 0.6) is 0 Å². The third-order valence-electron chi connectivity index (χ3n) is 2.72. The molecule has 0 aromatic carbocycles. The molecule has 0 N–H and O–H groups in total. The van der Waals surface area contributed by atoms with Crippen LogP contribution in [0, 0.1) is 0 Å². The lowest BCUT2D eigenvalue weighted by atomic mass is 9.97. The second kappa shape index (κ2) is 3.81. The van der Waals surface area contributed by atoms with E-state index in [0.29, 0.717) is 12.2 Å². The predicted molar refractivity (Wildman–Crippen MR) is 57.5 cm³/mol. The van der Waals surface area contributed by atoms with Gasteiger partial charge in [0.25, 0.3) is 0 Å². The SMILES string of the molecule is CC1(C(=O)Cc2ccco2)CCCS1. The van der Waals surface area contributed by atoms with Crippen LogP contribution in [0.4, 0.5) is 0 Å². The van der Waals surface area contributed by atoms with Crippen molar-refractivity contribution < 1.29 is 9.21 Å². The fourth-order valence-electron chi connectivity index (χ4n) is 1.76. The zero-order valence-electron chi connectivity index (χ0n) is 8.29. The minimum Gasteiger partial charge on any atom is -0.469 e. The number of ketones is 1. The number of rotatable bonds is 3. The molecule has 76 valence electrons. The largest absolute Gasteiger partial charge is 0.469 e. The normalized spacial score (nSPS) is 26.6. The van der Waals surface area contributed by atoms with E-state index >= 15 is 0 Å². The molecule has 0 aliphatic carbocycles. The highest BCUT2D eigenvalue weighted by Gasteiger charge is 2.36. The van der Waals surface area contributed by atoms with Crippen molar-refractivity contribution >= 4 is 17.5 Å². The predicted octanol–water partition coefficient (Wildman–Crippen LogP) is 2.68. The van der Waals surface area contributed by atoms with Gasteiger partial charge < -0.3 is 4.42 Å². The fraction of sp³-hybridized carbons (Fsp3) is 0.545.